The number of likely N-dealkylation sites (tertiary alicyclic amines) is 1. The zero-order valence-corrected chi connectivity index (χ0v) is 23.5. The molecule has 2 aliphatic rings. The fourth-order valence-corrected chi connectivity index (χ4v) is 6.04. The van der Waals surface area contributed by atoms with E-state index in [2.05, 4.69) is 9.97 Å². The van der Waals surface area contributed by atoms with Crippen LogP contribution >= 0.6 is 11.6 Å². The largest absolute Gasteiger partial charge is 0.444 e. The predicted octanol–water partition coefficient (Wildman–Crippen LogP) is 6.16. The van der Waals surface area contributed by atoms with Gasteiger partial charge in [-0.2, -0.15) is 0 Å². The number of amides is 2. The first-order chi connectivity index (χ1) is 19.2. The zero-order chi connectivity index (χ0) is 28.1. The number of benzene rings is 1. The maximum Gasteiger partial charge on any atom is 0.410 e. The molecular formula is C31H30ClN5O3. The number of ether oxygens (including phenoxy) is 1. The molecule has 1 aromatic carbocycles. The third kappa shape index (κ3) is 4.56. The van der Waals surface area contributed by atoms with Gasteiger partial charge in [0.2, 0.25) is 5.91 Å². The topological polar surface area (TPSA) is 88.5 Å². The Morgan fingerprint density at radius 1 is 1.05 bits per heavy atom. The molecule has 0 aliphatic carbocycles. The van der Waals surface area contributed by atoms with Crippen molar-refractivity contribution in [1.29, 1.82) is 0 Å². The molecule has 2 aliphatic heterocycles. The van der Waals surface area contributed by atoms with Crippen LogP contribution < -0.4 is 4.90 Å². The number of carbonyl (C=O) groups is 2. The van der Waals surface area contributed by atoms with E-state index in [1.54, 1.807) is 34.6 Å². The molecule has 204 valence electrons. The van der Waals surface area contributed by atoms with Crippen molar-refractivity contribution < 1.29 is 14.3 Å². The molecule has 0 atom stereocenters. The smallest absolute Gasteiger partial charge is 0.410 e. The van der Waals surface area contributed by atoms with E-state index in [-0.39, 0.29) is 18.5 Å². The standard InChI is InChI=1S/C31H30ClN5O3/c1-30(2,3)40-29(39)36-13-9-31(10-14-36)24-8-12-34-18-26(24)37(28(31)38)19-25-27(20-5-4-11-33-16-20)23-7-6-22(32)15-21(23)17-35-25/h4-8,11-12,15-18H,9-10,13-14,19H2,1-3H3. The average Bonchev–Trinajstić information content (AvgIpc) is 3.15. The van der Waals surface area contributed by atoms with E-state index in [0.717, 1.165) is 38.8 Å². The molecule has 1 fully saturated rings. The molecule has 5 heterocycles. The molecule has 0 saturated carbocycles. The summed E-state index contributed by atoms with van der Waals surface area (Å²) >= 11 is 6.28. The first kappa shape index (κ1) is 26.2. The van der Waals surface area contributed by atoms with Gasteiger partial charge >= 0.3 is 6.09 Å². The lowest BCUT2D eigenvalue weighted by atomic mass is 9.74. The average molecular weight is 556 g/mol. The van der Waals surface area contributed by atoms with E-state index in [1.165, 1.54) is 0 Å². The summed E-state index contributed by atoms with van der Waals surface area (Å²) in [4.78, 5) is 44.1. The minimum absolute atomic E-state index is 0.00878. The molecule has 40 heavy (non-hydrogen) atoms. The van der Waals surface area contributed by atoms with Crippen LogP contribution in [0.3, 0.4) is 0 Å². The van der Waals surface area contributed by atoms with E-state index in [1.807, 2.05) is 63.4 Å². The number of anilines is 1. The van der Waals surface area contributed by atoms with Crippen LogP contribution in [0, 0.1) is 0 Å². The summed E-state index contributed by atoms with van der Waals surface area (Å²) in [5.74, 6) is 0.00878. The van der Waals surface area contributed by atoms with Crippen LogP contribution in [-0.4, -0.2) is 50.5 Å². The van der Waals surface area contributed by atoms with Crippen LogP contribution in [0.5, 0.6) is 0 Å². The summed E-state index contributed by atoms with van der Waals surface area (Å²) in [6.07, 6.45) is 9.51. The second kappa shape index (κ2) is 9.86. The first-order valence-corrected chi connectivity index (χ1v) is 13.8. The number of aromatic nitrogens is 3. The molecule has 8 nitrogen and oxygen atoms in total. The Hall–Kier alpha value is -4.04. The number of piperidine rings is 1. The van der Waals surface area contributed by atoms with Gasteiger partial charge in [-0.1, -0.05) is 23.7 Å². The second-order valence-electron chi connectivity index (χ2n) is 11.4. The number of nitrogens with zero attached hydrogens (tertiary/aromatic N) is 5. The Morgan fingerprint density at radius 2 is 1.82 bits per heavy atom. The molecule has 0 unspecified atom stereocenters. The quantitative estimate of drug-likeness (QED) is 0.301. The third-order valence-electron chi connectivity index (χ3n) is 7.72. The molecule has 9 heteroatoms. The number of hydrogen-bond acceptors (Lipinski definition) is 6. The van der Waals surface area contributed by atoms with Crippen molar-refractivity contribution in [3.8, 4) is 11.1 Å². The van der Waals surface area contributed by atoms with Gasteiger partial charge in [-0.3, -0.25) is 19.7 Å². The monoisotopic (exact) mass is 555 g/mol. The fourth-order valence-electron chi connectivity index (χ4n) is 5.86. The minimum Gasteiger partial charge on any atom is -0.444 e. The molecular weight excluding hydrogens is 526 g/mol. The highest BCUT2D eigenvalue weighted by Gasteiger charge is 2.53. The molecule has 2 amide bonds. The molecule has 4 aromatic rings. The van der Waals surface area contributed by atoms with Crippen LogP contribution in [-0.2, 0) is 21.5 Å². The summed E-state index contributed by atoms with van der Waals surface area (Å²) < 4.78 is 5.58. The van der Waals surface area contributed by atoms with E-state index in [4.69, 9.17) is 21.3 Å². The molecule has 0 radical (unpaired) electrons. The van der Waals surface area contributed by atoms with Crippen molar-refractivity contribution in [3.05, 3.63) is 83.7 Å². The zero-order valence-electron chi connectivity index (χ0n) is 22.7. The van der Waals surface area contributed by atoms with Crippen molar-refractivity contribution in [2.45, 2.75) is 51.2 Å². The van der Waals surface area contributed by atoms with Crippen LogP contribution in [0.4, 0.5) is 10.5 Å². The highest BCUT2D eigenvalue weighted by Crippen LogP contribution is 2.48. The lowest BCUT2D eigenvalue weighted by molar-refractivity contribution is -0.125. The van der Waals surface area contributed by atoms with Crippen LogP contribution in [0.15, 0.2) is 67.4 Å². The number of fused-ring (bicyclic) bond motifs is 3. The van der Waals surface area contributed by atoms with Gasteiger partial charge in [-0.05, 0) is 68.8 Å². The van der Waals surface area contributed by atoms with E-state index in [9.17, 15) is 9.59 Å². The van der Waals surface area contributed by atoms with Crippen LogP contribution in [0.1, 0.15) is 44.9 Å². The molecule has 1 spiro atoms. The predicted molar refractivity (Wildman–Crippen MR) is 154 cm³/mol. The van der Waals surface area contributed by atoms with Crippen LogP contribution in [0.2, 0.25) is 5.02 Å². The number of pyridine rings is 3. The van der Waals surface area contributed by atoms with Gasteiger partial charge in [0.1, 0.15) is 5.60 Å². The van der Waals surface area contributed by atoms with Crippen molar-refractivity contribution in [2.24, 2.45) is 0 Å². The van der Waals surface area contributed by atoms with Gasteiger partial charge in [-0.15, -0.1) is 0 Å². The molecule has 0 N–H and O–H groups in total. The number of rotatable bonds is 3. The summed E-state index contributed by atoms with van der Waals surface area (Å²) in [5.41, 5.74) is 3.02. The molecule has 0 bridgehead atoms. The van der Waals surface area contributed by atoms with Gasteiger partial charge < -0.3 is 14.5 Å². The van der Waals surface area contributed by atoms with Crippen molar-refractivity contribution in [1.82, 2.24) is 19.9 Å². The molecule has 3 aromatic heterocycles. The van der Waals surface area contributed by atoms with Gasteiger partial charge in [0.15, 0.2) is 0 Å². The summed E-state index contributed by atoms with van der Waals surface area (Å²) in [6, 6.07) is 11.6. The Kier molecular flexibility index (Phi) is 6.45. The highest BCUT2D eigenvalue weighted by atomic mass is 35.5. The van der Waals surface area contributed by atoms with Crippen molar-refractivity contribution in [3.63, 3.8) is 0 Å². The third-order valence-corrected chi connectivity index (χ3v) is 7.95. The lowest BCUT2D eigenvalue weighted by Gasteiger charge is -2.38. The van der Waals surface area contributed by atoms with E-state index >= 15 is 0 Å². The van der Waals surface area contributed by atoms with Gasteiger partial charge in [0.25, 0.3) is 0 Å². The number of hydrogen-bond donors (Lipinski definition) is 0. The van der Waals surface area contributed by atoms with Gasteiger partial charge in [0.05, 0.1) is 29.5 Å². The molecule has 1 saturated heterocycles. The Bertz CT molecular complexity index is 1610. The Labute approximate surface area is 238 Å². The fraction of sp³-hybridized carbons (Fsp3) is 0.323. The minimum atomic E-state index is -0.727. The number of halogens is 1. The lowest BCUT2D eigenvalue weighted by Crippen LogP contribution is -2.50. The maximum atomic E-state index is 14.3. The number of carbonyl (C=O) groups excluding carboxylic acids is 2. The van der Waals surface area contributed by atoms with E-state index < -0.39 is 11.0 Å². The van der Waals surface area contributed by atoms with Gasteiger partial charge in [0, 0.05) is 59.4 Å². The Morgan fingerprint density at radius 3 is 2.55 bits per heavy atom. The van der Waals surface area contributed by atoms with Crippen molar-refractivity contribution >= 4 is 40.1 Å². The highest BCUT2D eigenvalue weighted by molar-refractivity contribution is 6.31. The Balaban J connectivity index is 1.36. The summed E-state index contributed by atoms with van der Waals surface area (Å²) in [5, 5.41) is 2.53. The second-order valence-corrected chi connectivity index (χ2v) is 11.8. The van der Waals surface area contributed by atoms with Gasteiger partial charge in [-0.25, -0.2) is 4.79 Å². The van der Waals surface area contributed by atoms with E-state index in [0.29, 0.717) is 31.0 Å². The van der Waals surface area contributed by atoms with Crippen molar-refractivity contribution in [2.75, 3.05) is 18.0 Å². The normalized spacial score (nSPS) is 16.4. The maximum absolute atomic E-state index is 14.3. The summed E-state index contributed by atoms with van der Waals surface area (Å²) in [6.45, 7) is 6.71. The summed E-state index contributed by atoms with van der Waals surface area (Å²) in [7, 11) is 0. The molecule has 6 rings (SSSR count). The van der Waals surface area contributed by atoms with Crippen LogP contribution in [0.25, 0.3) is 21.9 Å². The first-order valence-electron chi connectivity index (χ1n) is 13.4. The SMILES string of the molecule is CC(C)(C)OC(=O)N1CCC2(CC1)C(=O)N(Cc1ncc3cc(Cl)ccc3c1-c1cccnc1)c1cnccc12.